The summed E-state index contributed by atoms with van der Waals surface area (Å²) in [6, 6.07) is 8.44. The summed E-state index contributed by atoms with van der Waals surface area (Å²) in [4.78, 5) is 0. The monoisotopic (exact) mass is 263 g/mol. The molecule has 0 heterocycles. The van der Waals surface area contributed by atoms with Gasteiger partial charge in [0.05, 0.1) is 6.61 Å². The van der Waals surface area contributed by atoms with Crippen LogP contribution in [0.4, 0.5) is 0 Å². The summed E-state index contributed by atoms with van der Waals surface area (Å²) in [5, 5.41) is 0. The summed E-state index contributed by atoms with van der Waals surface area (Å²) in [5.74, 6) is 1.55. The van der Waals surface area contributed by atoms with Crippen molar-refractivity contribution in [3.05, 3.63) is 29.8 Å². The van der Waals surface area contributed by atoms with Gasteiger partial charge >= 0.3 is 0 Å². The molecular formula is C17H29NO. The molecule has 0 aliphatic carbocycles. The summed E-state index contributed by atoms with van der Waals surface area (Å²) in [7, 11) is 0. The lowest BCUT2D eigenvalue weighted by Crippen LogP contribution is -2.23. The van der Waals surface area contributed by atoms with Gasteiger partial charge < -0.3 is 10.5 Å². The Balaban J connectivity index is 2.23. The molecule has 0 fully saturated rings. The Morgan fingerprint density at radius 1 is 1.11 bits per heavy atom. The number of unbranched alkanes of at least 4 members (excludes halogenated alkanes) is 1. The molecule has 19 heavy (non-hydrogen) atoms. The second-order valence-electron chi connectivity index (χ2n) is 6.40. The Morgan fingerprint density at radius 2 is 1.74 bits per heavy atom. The minimum Gasteiger partial charge on any atom is -0.494 e. The van der Waals surface area contributed by atoms with Crippen LogP contribution in [0.1, 0.15) is 58.4 Å². The highest BCUT2D eigenvalue weighted by atomic mass is 16.5. The van der Waals surface area contributed by atoms with Crippen molar-refractivity contribution in [2.24, 2.45) is 11.1 Å². The molecule has 0 aliphatic rings. The third-order valence-electron chi connectivity index (χ3n) is 3.62. The van der Waals surface area contributed by atoms with Crippen LogP contribution in [0, 0.1) is 5.41 Å². The lowest BCUT2D eigenvalue weighted by molar-refractivity contribution is 0.279. The topological polar surface area (TPSA) is 35.2 Å². The van der Waals surface area contributed by atoms with E-state index in [-0.39, 0.29) is 5.41 Å². The van der Waals surface area contributed by atoms with Gasteiger partial charge in [0.25, 0.3) is 0 Å². The number of hydrogen-bond acceptors (Lipinski definition) is 2. The van der Waals surface area contributed by atoms with Gasteiger partial charge in [0.2, 0.25) is 0 Å². The molecular weight excluding hydrogens is 234 g/mol. The standard InChI is InChI=1S/C17H29NO/c1-14(2)15-7-9-16(10-8-15)19-12-6-5-11-17(3,4)13-18/h7-10,14H,5-6,11-13,18H2,1-4H3. The van der Waals surface area contributed by atoms with E-state index in [1.807, 2.05) is 0 Å². The second kappa shape index (κ2) is 7.54. The van der Waals surface area contributed by atoms with Crippen molar-refractivity contribution in [3.8, 4) is 5.75 Å². The first kappa shape index (κ1) is 16.0. The van der Waals surface area contributed by atoms with Crippen LogP contribution in [-0.2, 0) is 0 Å². The van der Waals surface area contributed by atoms with E-state index >= 15 is 0 Å². The maximum absolute atomic E-state index is 5.76. The molecule has 0 radical (unpaired) electrons. The van der Waals surface area contributed by atoms with Crippen LogP contribution in [0.5, 0.6) is 5.75 Å². The van der Waals surface area contributed by atoms with Crippen LogP contribution in [0.15, 0.2) is 24.3 Å². The average Bonchev–Trinajstić information content (AvgIpc) is 2.39. The third kappa shape index (κ3) is 6.11. The summed E-state index contributed by atoms with van der Waals surface area (Å²) >= 11 is 0. The molecule has 2 nitrogen and oxygen atoms in total. The van der Waals surface area contributed by atoms with Crippen molar-refractivity contribution < 1.29 is 4.74 Å². The van der Waals surface area contributed by atoms with Gasteiger partial charge in [-0.1, -0.05) is 39.8 Å². The van der Waals surface area contributed by atoms with Gasteiger partial charge in [-0.15, -0.1) is 0 Å². The first-order chi connectivity index (χ1) is 8.94. The molecule has 1 rings (SSSR count). The molecule has 0 spiro atoms. The summed E-state index contributed by atoms with van der Waals surface area (Å²) < 4.78 is 5.76. The highest BCUT2D eigenvalue weighted by Crippen LogP contribution is 2.22. The van der Waals surface area contributed by atoms with E-state index < -0.39 is 0 Å². The molecule has 0 unspecified atom stereocenters. The molecule has 1 aromatic rings. The van der Waals surface area contributed by atoms with Crippen LogP contribution in [0.25, 0.3) is 0 Å². The number of benzene rings is 1. The Labute approximate surface area is 118 Å². The number of rotatable bonds is 8. The molecule has 0 aliphatic heterocycles. The lowest BCUT2D eigenvalue weighted by atomic mass is 9.87. The third-order valence-corrected chi connectivity index (χ3v) is 3.62. The number of nitrogens with two attached hydrogens (primary N) is 1. The number of hydrogen-bond donors (Lipinski definition) is 1. The lowest BCUT2D eigenvalue weighted by Gasteiger charge is -2.21. The SMILES string of the molecule is CC(C)c1ccc(OCCCCC(C)(C)CN)cc1. The molecule has 2 N–H and O–H groups in total. The van der Waals surface area contributed by atoms with Crippen molar-refractivity contribution in [2.45, 2.75) is 52.9 Å². The van der Waals surface area contributed by atoms with Crippen molar-refractivity contribution in [2.75, 3.05) is 13.2 Å². The van der Waals surface area contributed by atoms with E-state index in [2.05, 4.69) is 52.0 Å². The van der Waals surface area contributed by atoms with Gasteiger partial charge in [-0.3, -0.25) is 0 Å². The quantitative estimate of drug-likeness (QED) is 0.708. The van der Waals surface area contributed by atoms with Crippen LogP contribution in [0.2, 0.25) is 0 Å². The first-order valence-corrected chi connectivity index (χ1v) is 7.37. The molecule has 0 bridgehead atoms. The van der Waals surface area contributed by atoms with E-state index in [1.54, 1.807) is 0 Å². The molecule has 108 valence electrons. The molecule has 0 amide bonds. The minimum absolute atomic E-state index is 0.263. The normalized spacial score (nSPS) is 11.9. The fourth-order valence-corrected chi connectivity index (χ4v) is 1.95. The maximum atomic E-state index is 5.76. The van der Waals surface area contributed by atoms with E-state index in [0.29, 0.717) is 5.92 Å². The Hall–Kier alpha value is -1.02. The zero-order chi connectivity index (χ0) is 14.3. The van der Waals surface area contributed by atoms with Gasteiger partial charge in [-0.2, -0.15) is 0 Å². The molecule has 1 aromatic carbocycles. The highest BCUT2D eigenvalue weighted by Gasteiger charge is 2.14. The Morgan fingerprint density at radius 3 is 2.26 bits per heavy atom. The van der Waals surface area contributed by atoms with Crippen molar-refractivity contribution in [1.29, 1.82) is 0 Å². The zero-order valence-electron chi connectivity index (χ0n) is 12.9. The smallest absolute Gasteiger partial charge is 0.119 e. The number of ether oxygens (including phenoxy) is 1. The predicted octanol–water partition coefficient (Wildman–Crippen LogP) is 4.34. The highest BCUT2D eigenvalue weighted by molar-refractivity contribution is 5.28. The zero-order valence-corrected chi connectivity index (χ0v) is 12.9. The first-order valence-electron chi connectivity index (χ1n) is 7.37. The fourth-order valence-electron chi connectivity index (χ4n) is 1.95. The molecule has 2 heteroatoms. The minimum atomic E-state index is 0.263. The van der Waals surface area contributed by atoms with E-state index in [4.69, 9.17) is 10.5 Å². The van der Waals surface area contributed by atoms with Crippen LogP contribution in [-0.4, -0.2) is 13.2 Å². The summed E-state index contributed by atoms with van der Waals surface area (Å²) in [6.07, 6.45) is 3.43. The Bertz CT molecular complexity index is 354. The second-order valence-corrected chi connectivity index (χ2v) is 6.40. The predicted molar refractivity (Wildman–Crippen MR) is 82.7 cm³/mol. The largest absolute Gasteiger partial charge is 0.494 e. The molecule has 0 atom stereocenters. The average molecular weight is 263 g/mol. The Kier molecular flexibility index (Phi) is 6.36. The van der Waals surface area contributed by atoms with Gasteiger partial charge in [0, 0.05) is 0 Å². The van der Waals surface area contributed by atoms with Gasteiger partial charge in [0.1, 0.15) is 5.75 Å². The van der Waals surface area contributed by atoms with Crippen molar-refractivity contribution in [1.82, 2.24) is 0 Å². The van der Waals surface area contributed by atoms with E-state index in [1.165, 1.54) is 18.4 Å². The van der Waals surface area contributed by atoms with Gasteiger partial charge in [-0.05, 0) is 54.8 Å². The molecule has 0 saturated carbocycles. The van der Waals surface area contributed by atoms with Crippen molar-refractivity contribution >= 4 is 0 Å². The van der Waals surface area contributed by atoms with E-state index in [9.17, 15) is 0 Å². The van der Waals surface area contributed by atoms with Crippen LogP contribution >= 0.6 is 0 Å². The molecule has 0 aromatic heterocycles. The van der Waals surface area contributed by atoms with Crippen molar-refractivity contribution in [3.63, 3.8) is 0 Å². The van der Waals surface area contributed by atoms with Crippen LogP contribution in [0.3, 0.4) is 0 Å². The van der Waals surface area contributed by atoms with Crippen LogP contribution < -0.4 is 10.5 Å². The van der Waals surface area contributed by atoms with Gasteiger partial charge in [-0.25, -0.2) is 0 Å². The summed E-state index contributed by atoms with van der Waals surface area (Å²) in [5.41, 5.74) is 7.34. The summed E-state index contributed by atoms with van der Waals surface area (Å²) in [6.45, 7) is 10.4. The fraction of sp³-hybridized carbons (Fsp3) is 0.647. The maximum Gasteiger partial charge on any atom is 0.119 e. The molecule has 0 saturated heterocycles. The van der Waals surface area contributed by atoms with Gasteiger partial charge in [0.15, 0.2) is 0 Å². The van der Waals surface area contributed by atoms with E-state index in [0.717, 1.165) is 25.3 Å².